The number of aryl methyl sites for hydroxylation is 1. The summed E-state index contributed by atoms with van der Waals surface area (Å²) in [5.41, 5.74) is 5.71. The number of hydrogen-bond acceptors (Lipinski definition) is 9. The van der Waals surface area contributed by atoms with Crippen LogP contribution in [0.1, 0.15) is 11.8 Å². The van der Waals surface area contributed by atoms with Gasteiger partial charge in [0.15, 0.2) is 6.23 Å². The van der Waals surface area contributed by atoms with Crippen LogP contribution < -0.4 is 11.4 Å². The fraction of sp³-hybridized carbons (Fsp3) is 0.714. The van der Waals surface area contributed by atoms with Crippen molar-refractivity contribution in [2.75, 3.05) is 39.7 Å². The molecule has 134 valence electrons. The molecular weight excluding hydrogens is 320 g/mol. The fourth-order valence-electron chi connectivity index (χ4n) is 2.64. The van der Waals surface area contributed by atoms with Gasteiger partial charge in [0, 0.05) is 26.0 Å². The summed E-state index contributed by atoms with van der Waals surface area (Å²) in [4.78, 5) is 26.6. The van der Waals surface area contributed by atoms with Crippen LogP contribution in [0.4, 0.5) is 5.82 Å². The van der Waals surface area contributed by atoms with E-state index in [1.165, 1.54) is 11.7 Å². The first-order valence-corrected chi connectivity index (χ1v) is 7.46. The van der Waals surface area contributed by atoms with Gasteiger partial charge in [-0.25, -0.2) is 4.79 Å². The number of nitrogens with zero attached hydrogens (tertiary/aromatic N) is 3. The second-order valence-electron chi connectivity index (χ2n) is 5.40. The normalized spacial score (nSPS) is 26.6. The number of anilines is 1. The minimum atomic E-state index is -0.808. The molecule has 0 bridgehead atoms. The molecule has 0 aliphatic carbocycles. The minimum Gasteiger partial charge on any atom is -0.383 e. The van der Waals surface area contributed by atoms with Gasteiger partial charge in [-0.15, -0.1) is 0 Å². The largest absolute Gasteiger partial charge is 0.383 e. The van der Waals surface area contributed by atoms with Crippen LogP contribution in [0.3, 0.4) is 0 Å². The molecule has 1 aliphatic heterocycles. The predicted octanol–water partition coefficient (Wildman–Crippen LogP) is -0.156. The SMILES string of the molecule is COCCOC1C(OC)C(CN=O)OC1n1cc(C)c(N)nc1=O. The monoisotopic (exact) mass is 342 g/mol. The quantitative estimate of drug-likeness (QED) is 0.510. The van der Waals surface area contributed by atoms with Gasteiger partial charge in [0.05, 0.1) is 13.2 Å². The molecular formula is C14H22N4O6. The summed E-state index contributed by atoms with van der Waals surface area (Å²) in [6.45, 7) is 2.25. The highest BCUT2D eigenvalue weighted by molar-refractivity contribution is 5.35. The molecule has 0 radical (unpaired) electrons. The van der Waals surface area contributed by atoms with Crippen molar-refractivity contribution in [1.29, 1.82) is 0 Å². The Morgan fingerprint density at radius 3 is 2.75 bits per heavy atom. The van der Waals surface area contributed by atoms with Gasteiger partial charge in [0.1, 0.15) is 30.7 Å². The molecule has 2 rings (SSSR count). The van der Waals surface area contributed by atoms with Crippen LogP contribution >= 0.6 is 0 Å². The summed E-state index contributed by atoms with van der Waals surface area (Å²) in [7, 11) is 3.03. The van der Waals surface area contributed by atoms with Crippen molar-refractivity contribution in [2.24, 2.45) is 5.18 Å². The second-order valence-corrected chi connectivity index (χ2v) is 5.40. The third kappa shape index (κ3) is 3.78. The van der Waals surface area contributed by atoms with Crippen LogP contribution in [0.2, 0.25) is 0 Å². The Bertz CT molecular complexity index is 622. The molecule has 10 nitrogen and oxygen atoms in total. The predicted molar refractivity (Wildman–Crippen MR) is 84.6 cm³/mol. The Morgan fingerprint density at radius 2 is 2.12 bits per heavy atom. The van der Waals surface area contributed by atoms with Gasteiger partial charge >= 0.3 is 5.69 Å². The van der Waals surface area contributed by atoms with Crippen molar-refractivity contribution in [3.05, 3.63) is 27.2 Å². The van der Waals surface area contributed by atoms with E-state index < -0.39 is 30.2 Å². The standard InChI is InChI=1S/C14H22N4O6/c1-8-7-18(14(19)17-12(8)15)13-11(23-5-4-21-2)10(22-3)9(24-13)6-16-20/h7,9-11,13H,4-6H2,1-3H3,(H2,15,17,19). The Kier molecular flexibility index (Phi) is 6.37. The van der Waals surface area contributed by atoms with E-state index in [4.69, 9.17) is 24.7 Å². The van der Waals surface area contributed by atoms with Crippen molar-refractivity contribution in [2.45, 2.75) is 31.5 Å². The van der Waals surface area contributed by atoms with E-state index in [0.29, 0.717) is 12.2 Å². The zero-order chi connectivity index (χ0) is 17.7. The highest BCUT2D eigenvalue weighted by Gasteiger charge is 2.47. The summed E-state index contributed by atoms with van der Waals surface area (Å²) in [6, 6.07) is 0. The highest BCUT2D eigenvalue weighted by Crippen LogP contribution is 2.33. The van der Waals surface area contributed by atoms with Crippen molar-refractivity contribution in [1.82, 2.24) is 9.55 Å². The number of aromatic nitrogens is 2. The number of nitroso groups, excluding NO2 is 1. The molecule has 1 aliphatic rings. The molecule has 0 spiro atoms. The van der Waals surface area contributed by atoms with E-state index in [1.807, 2.05) is 0 Å². The lowest BCUT2D eigenvalue weighted by atomic mass is 10.1. The number of nitrogen functional groups attached to an aromatic ring is 1. The Morgan fingerprint density at radius 1 is 1.38 bits per heavy atom. The average molecular weight is 342 g/mol. The van der Waals surface area contributed by atoms with E-state index >= 15 is 0 Å². The Labute approximate surface area is 138 Å². The summed E-state index contributed by atoms with van der Waals surface area (Å²) >= 11 is 0. The summed E-state index contributed by atoms with van der Waals surface area (Å²) in [5.74, 6) is 0.153. The van der Waals surface area contributed by atoms with Crippen LogP contribution in [0, 0.1) is 11.8 Å². The zero-order valence-electron chi connectivity index (χ0n) is 13.9. The van der Waals surface area contributed by atoms with E-state index in [0.717, 1.165) is 0 Å². The first-order valence-electron chi connectivity index (χ1n) is 7.46. The van der Waals surface area contributed by atoms with Gasteiger partial charge < -0.3 is 24.7 Å². The molecule has 2 N–H and O–H groups in total. The van der Waals surface area contributed by atoms with E-state index in [-0.39, 0.29) is 19.0 Å². The maximum atomic E-state index is 12.2. The molecule has 10 heteroatoms. The van der Waals surface area contributed by atoms with Gasteiger partial charge in [-0.3, -0.25) is 4.57 Å². The van der Waals surface area contributed by atoms with E-state index in [9.17, 15) is 9.70 Å². The van der Waals surface area contributed by atoms with Crippen molar-refractivity contribution in [3.8, 4) is 0 Å². The lowest BCUT2D eigenvalue weighted by molar-refractivity contribution is -0.0837. The molecule has 0 saturated carbocycles. The number of methoxy groups -OCH3 is 2. The number of rotatable bonds is 8. The molecule has 1 fully saturated rings. The average Bonchev–Trinajstić information content (AvgIpc) is 2.89. The molecule has 1 saturated heterocycles. The third-order valence-electron chi connectivity index (χ3n) is 3.86. The minimum absolute atomic E-state index is 0.116. The van der Waals surface area contributed by atoms with Crippen LogP contribution in [0.15, 0.2) is 16.2 Å². The van der Waals surface area contributed by atoms with Gasteiger partial charge in [0.2, 0.25) is 0 Å². The Balaban J connectivity index is 2.35. The van der Waals surface area contributed by atoms with Crippen LogP contribution in [-0.2, 0) is 18.9 Å². The Hall–Kier alpha value is -1.88. The third-order valence-corrected chi connectivity index (χ3v) is 3.86. The molecule has 0 amide bonds. The zero-order valence-corrected chi connectivity index (χ0v) is 13.9. The molecule has 4 atom stereocenters. The second kappa shape index (κ2) is 8.29. The van der Waals surface area contributed by atoms with E-state index in [1.54, 1.807) is 20.2 Å². The summed E-state index contributed by atoms with van der Waals surface area (Å²) in [6.07, 6.45) is -1.08. The van der Waals surface area contributed by atoms with Gasteiger partial charge in [-0.2, -0.15) is 9.89 Å². The van der Waals surface area contributed by atoms with Crippen molar-refractivity contribution < 1.29 is 18.9 Å². The highest BCUT2D eigenvalue weighted by atomic mass is 16.6. The van der Waals surface area contributed by atoms with Crippen LogP contribution in [-0.4, -0.2) is 61.8 Å². The lowest BCUT2D eigenvalue weighted by Gasteiger charge is -2.24. The fourth-order valence-corrected chi connectivity index (χ4v) is 2.64. The smallest absolute Gasteiger partial charge is 0.351 e. The van der Waals surface area contributed by atoms with Crippen LogP contribution in [0.5, 0.6) is 0 Å². The van der Waals surface area contributed by atoms with Crippen molar-refractivity contribution >= 4 is 5.82 Å². The van der Waals surface area contributed by atoms with Crippen molar-refractivity contribution in [3.63, 3.8) is 0 Å². The number of ether oxygens (including phenoxy) is 4. The molecule has 2 heterocycles. The summed E-state index contributed by atoms with van der Waals surface area (Å²) < 4.78 is 23.3. The van der Waals surface area contributed by atoms with Gasteiger partial charge in [0.25, 0.3) is 0 Å². The first-order chi connectivity index (χ1) is 11.5. The maximum absolute atomic E-state index is 12.2. The molecule has 4 unspecified atom stereocenters. The van der Waals surface area contributed by atoms with Crippen LogP contribution in [0.25, 0.3) is 0 Å². The number of hydrogen-bond donors (Lipinski definition) is 1. The maximum Gasteiger partial charge on any atom is 0.351 e. The van der Waals surface area contributed by atoms with Gasteiger partial charge in [-0.05, 0) is 6.92 Å². The van der Waals surface area contributed by atoms with Gasteiger partial charge in [-0.1, -0.05) is 5.18 Å². The van der Waals surface area contributed by atoms with E-state index in [2.05, 4.69) is 10.2 Å². The first kappa shape index (κ1) is 18.5. The molecule has 1 aromatic heterocycles. The molecule has 1 aromatic rings. The topological polar surface area (TPSA) is 127 Å². The lowest BCUT2D eigenvalue weighted by Crippen LogP contribution is -2.39. The molecule has 24 heavy (non-hydrogen) atoms. The molecule has 0 aromatic carbocycles. The number of nitrogens with two attached hydrogens (primary N) is 1. The summed E-state index contributed by atoms with van der Waals surface area (Å²) in [5, 5.41) is 2.87.